The summed E-state index contributed by atoms with van der Waals surface area (Å²) in [5.74, 6) is -8.87. The van der Waals surface area contributed by atoms with Crippen molar-refractivity contribution >= 4 is 23.2 Å². The molecule has 4 rings (SSSR count). The molecule has 0 heterocycles. The Balaban J connectivity index is 2.07. The van der Waals surface area contributed by atoms with Crippen molar-refractivity contribution in [2.24, 2.45) is 17.6 Å². The van der Waals surface area contributed by atoms with Crippen LogP contribution in [-0.4, -0.2) is 79.7 Å². The maximum absolute atomic E-state index is 13.7. The number of amides is 1. The summed E-state index contributed by atoms with van der Waals surface area (Å²) in [7, 11) is 2.92. The lowest BCUT2D eigenvalue weighted by Crippen LogP contribution is -2.70. The van der Waals surface area contributed by atoms with Gasteiger partial charge in [0.1, 0.15) is 22.8 Å². The van der Waals surface area contributed by atoms with Gasteiger partial charge in [-0.05, 0) is 31.6 Å². The summed E-state index contributed by atoms with van der Waals surface area (Å²) in [6, 6.07) is 3.13. The summed E-state index contributed by atoms with van der Waals surface area (Å²) in [4.78, 5) is 40.0. The van der Waals surface area contributed by atoms with E-state index < -0.39 is 75.6 Å². The van der Waals surface area contributed by atoms with Crippen LogP contribution in [0.15, 0.2) is 35.1 Å². The van der Waals surface area contributed by atoms with Gasteiger partial charge in [-0.15, -0.1) is 0 Å². The van der Waals surface area contributed by atoms with E-state index >= 15 is 0 Å². The number of aliphatic hydroxyl groups is 4. The number of Topliss-reactive ketones (excluding diaryl/α,β-unsaturated/α-hetero) is 2. The highest BCUT2D eigenvalue weighted by Crippen LogP contribution is 2.55. The molecule has 32 heavy (non-hydrogen) atoms. The van der Waals surface area contributed by atoms with Gasteiger partial charge in [0.15, 0.2) is 11.4 Å². The fourth-order valence-electron chi connectivity index (χ4n) is 5.58. The van der Waals surface area contributed by atoms with Crippen molar-refractivity contribution in [2.75, 3.05) is 14.1 Å². The third kappa shape index (κ3) is 2.48. The summed E-state index contributed by atoms with van der Waals surface area (Å²) in [5, 5.41) is 54.9. The van der Waals surface area contributed by atoms with Gasteiger partial charge in [-0.25, -0.2) is 0 Å². The van der Waals surface area contributed by atoms with Gasteiger partial charge in [0, 0.05) is 11.5 Å². The predicted octanol–water partition coefficient (Wildman–Crippen LogP) is -0.504. The monoisotopic (exact) mass is 444 g/mol. The number of nitrogens with zero attached hydrogens (tertiary/aromatic N) is 1. The highest BCUT2D eigenvalue weighted by atomic mass is 16.4. The van der Waals surface area contributed by atoms with Crippen molar-refractivity contribution in [3.8, 4) is 5.75 Å². The summed E-state index contributed by atoms with van der Waals surface area (Å²) in [6.07, 6.45) is -1.59. The first-order valence-electron chi connectivity index (χ1n) is 10.0. The van der Waals surface area contributed by atoms with E-state index in [1.807, 2.05) is 0 Å². The van der Waals surface area contributed by atoms with E-state index in [1.54, 1.807) is 19.1 Å². The van der Waals surface area contributed by atoms with E-state index in [1.165, 1.54) is 25.1 Å². The summed E-state index contributed by atoms with van der Waals surface area (Å²) >= 11 is 0. The molecule has 6 atom stereocenters. The Labute approximate surface area is 182 Å². The van der Waals surface area contributed by atoms with E-state index in [0.29, 0.717) is 5.56 Å². The third-order valence-electron chi connectivity index (χ3n) is 6.99. The van der Waals surface area contributed by atoms with Crippen LogP contribution in [0, 0.1) is 11.8 Å². The van der Waals surface area contributed by atoms with Gasteiger partial charge in [0.05, 0.1) is 23.6 Å². The van der Waals surface area contributed by atoms with Crippen molar-refractivity contribution in [3.63, 3.8) is 0 Å². The van der Waals surface area contributed by atoms with Gasteiger partial charge >= 0.3 is 0 Å². The molecule has 10 heteroatoms. The Hall–Kier alpha value is -3.21. The van der Waals surface area contributed by atoms with E-state index in [-0.39, 0.29) is 11.3 Å². The smallest absolute Gasteiger partial charge is 0.255 e. The molecule has 0 unspecified atom stereocenters. The quantitative estimate of drug-likeness (QED) is 0.327. The van der Waals surface area contributed by atoms with Gasteiger partial charge < -0.3 is 31.3 Å². The van der Waals surface area contributed by atoms with Crippen LogP contribution in [0.4, 0.5) is 0 Å². The molecule has 1 amide bonds. The van der Waals surface area contributed by atoms with Gasteiger partial charge in [-0.3, -0.25) is 19.3 Å². The Morgan fingerprint density at radius 1 is 1.16 bits per heavy atom. The van der Waals surface area contributed by atoms with Crippen molar-refractivity contribution in [2.45, 2.75) is 30.6 Å². The maximum atomic E-state index is 13.7. The van der Waals surface area contributed by atoms with Crippen molar-refractivity contribution < 1.29 is 39.9 Å². The molecule has 0 aromatic heterocycles. The molecule has 7 N–H and O–H groups in total. The highest BCUT2D eigenvalue weighted by Gasteiger charge is 2.68. The van der Waals surface area contributed by atoms with Crippen molar-refractivity contribution in [1.29, 1.82) is 0 Å². The normalized spacial score (nSPS) is 34.4. The predicted molar refractivity (Wildman–Crippen MR) is 110 cm³/mol. The fourth-order valence-corrected chi connectivity index (χ4v) is 5.58. The molecule has 170 valence electrons. The summed E-state index contributed by atoms with van der Waals surface area (Å²) in [5.41, 5.74) is 1.47. The molecule has 1 saturated carbocycles. The number of primary amides is 1. The SMILES string of the molecule is C[C@H]1c2cccc(O)c2C(O)=C2C(=O)[C@@]3(O)C(O)=C(C(N)=O)C(=O)[C@H](N(C)C)[C@H]3[C@@H](O)[C@@H]21. The largest absolute Gasteiger partial charge is 0.508 e. The molecule has 0 radical (unpaired) electrons. The average Bonchev–Trinajstić information content (AvgIpc) is 2.70. The van der Waals surface area contributed by atoms with E-state index in [2.05, 4.69) is 0 Å². The first kappa shape index (κ1) is 22.0. The Bertz CT molecular complexity index is 1140. The molecule has 1 aromatic rings. The van der Waals surface area contributed by atoms with Crippen LogP contribution in [0.1, 0.15) is 24.0 Å². The van der Waals surface area contributed by atoms with Crippen LogP contribution >= 0.6 is 0 Å². The Morgan fingerprint density at radius 3 is 2.34 bits per heavy atom. The van der Waals surface area contributed by atoms with Crippen LogP contribution < -0.4 is 5.73 Å². The molecule has 0 bridgehead atoms. The van der Waals surface area contributed by atoms with E-state index in [4.69, 9.17) is 5.73 Å². The van der Waals surface area contributed by atoms with E-state index in [0.717, 1.165) is 0 Å². The number of aliphatic hydroxyl groups excluding tert-OH is 3. The number of fused-ring (bicyclic) bond motifs is 3. The first-order valence-corrected chi connectivity index (χ1v) is 10.0. The molecule has 1 fully saturated rings. The van der Waals surface area contributed by atoms with Crippen LogP contribution in [0.5, 0.6) is 5.75 Å². The van der Waals surface area contributed by atoms with Crippen LogP contribution in [-0.2, 0) is 14.4 Å². The van der Waals surface area contributed by atoms with Crippen LogP contribution in [0.2, 0.25) is 0 Å². The van der Waals surface area contributed by atoms with Crippen LogP contribution in [0.3, 0.4) is 0 Å². The number of hydrogen-bond donors (Lipinski definition) is 6. The van der Waals surface area contributed by atoms with Crippen molar-refractivity contribution in [3.05, 3.63) is 46.2 Å². The van der Waals surface area contributed by atoms with Crippen molar-refractivity contribution in [1.82, 2.24) is 4.90 Å². The number of carbonyl (C=O) groups is 3. The molecule has 1 aromatic carbocycles. The number of nitrogens with two attached hydrogens (primary N) is 1. The van der Waals surface area contributed by atoms with Crippen LogP contribution in [0.25, 0.3) is 5.76 Å². The number of phenolic OH excluding ortho intramolecular Hbond substituents is 1. The second kappa shape index (κ2) is 6.89. The number of hydrogen-bond acceptors (Lipinski definition) is 9. The average molecular weight is 444 g/mol. The zero-order chi connectivity index (χ0) is 23.9. The minimum absolute atomic E-state index is 0.0245. The molecular weight excluding hydrogens is 420 g/mol. The number of carbonyl (C=O) groups excluding carboxylic acids is 3. The Morgan fingerprint density at radius 2 is 1.78 bits per heavy atom. The minimum atomic E-state index is -2.89. The molecule has 10 nitrogen and oxygen atoms in total. The second-order valence-electron chi connectivity index (χ2n) is 8.79. The molecule has 0 saturated heterocycles. The molecular formula is C22H24N2O8. The van der Waals surface area contributed by atoms with E-state index in [9.17, 15) is 39.9 Å². The molecule has 3 aliphatic rings. The number of ketones is 2. The lowest BCUT2D eigenvalue weighted by Gasteiger charge is -2.53. The summed E-state index contributed by atoms with van der Waals surface area (Å²) < 4.78 is 0. The maximum Gasteiger partial charge on any atom is 0.255 e. The highest BCUT2D eigenvalue weighted by molar-refractivity contribution is 6.24. The number of benzene rings is 1. The molecule has 0 aliphatic heterocycles. The lowest BCUT2D eigenvalue weighted by molar-refractivity contribution is -0.169. The zero-order valence-electron chi connectivity index (χ0n) is 17.6. The van der Waals surface area contributed by atoms with Gasteiger partial charge in [-0.2, -0.15) is 0 Å². The van der Waals surface area contributed by atoms with Gasteiger partial charge in [-0.1, -0.05) is 19.1 Å². The number of likely N-dealkylation sites (N-methyl/N-ethyl adjacent to an activating group) is 1. The topological polar surface area (TPSA) is 182 Å². The summed E-state index contributed by atoms with van der Waals surface area (Å²) in [6.45, 7) is 1.68. The number of phenols is 1. The number of aromatic hydroxyl groups is 1. The lowest BCUT2D eigenvalue weighted by atomic mass is 9.54. The second-order valence-corrected chi connectivity index (χ2v) is 8.79. The molecule has 3 aliphatic carbocycles. The first-order chi connectivity index (χ1) is 14.9. The standard InChI is InChI=1S/C22H24N2O8/c1-7-8-5-4-6-9(25)11(8)16(26)12-10(7)17(27)14-15(24(2)3)18(28)13(21(23)31)20(30)22(14,32)19(12)29/h4-7,10,14-15,17,25-27,30,32H,1-3H3,(H2,23,31)/t7-,10+,14-,15+,17-,22+/m0/s1. The Kier molecular flexibility index (Phi) is 4.74. The molecule has 0 spiro atoms. The van der Waals surface area contributed by atoms with Gasteiger partial charge in [0.2, 0.25) is 5.78 Å². The van der Waals surface area contributed by atoms with Gasteiger partial charge in [0.25, 0.3) is 5.91 Å². The third-order valence-corrected chi connectivity index (χ3v) is 6.99. The fraction of sp³-hybridized carbons (Fsp3) is 0.409. The number of rotatable bonds is 2. The minimum Gasteiger partial charge on any atom is -0.508 e. The zero-order valence-corrected chi connectivity index (χ0v) is 17.6.